The van der Waals surface area contributed by atoms with Gasteiger partial charge in [-0.2, -0.15) is 0 Å². The molecule has 32 heavy (non-hydrogen) atoms. The van der Waals surface area contributed by atoms with Crippen molar-refractivity contribution in [2.24, 2.45) is 0 Å². The largest absolute Gasteiger partial charge is 0.507 e. The zero-order valence-electron chi connectivity index (χ0n) is 16.5. The second-order valence-corrected chi connectivity index (χ2v) is 7.45. The molecule has 11 nitrogen and oxygen atoms in total. The van der Waals surface area contributed by atoms with Crippen LogP contribution in [0.25, 0.3) is 22.3 Å². The molecule has 5 atom stereocenters. The van der Waals surface area contributed by atoms with Crippen LogP contribution < -0.4 is 10.2 Å². The highest BCUT2D eigenvalue weighted by atomic mass is 16.7. The summed E-state index contributed by atoms with van der Waals surface area (Å²) < 4.78 is 16.5. The Labute approximate surface area is 179 Å². The Morgan fingerprint density at radius 2 is 1.50 bits per heavy atom. The molecule has 0 radical (unpaired) electrons. The molecule has 11 heteroatoms. The lowest BCUT2D eigenvalue weighted by Crippen LogP contribution is -2.58. The van der Waals surface area contributed by atoms with Crippen molar-refractivity contribution in [2.45, 2.75) is 37.6 Å². The van der Waals surface area contributed by atoms with Gasteiger partial charge in [0, 0.05) is 23.8 Å². The lowest BCUT2D eigenvalue weighted by atomic mass is 10.00. The molecule has 3 aromatic rings. The van der Waals surface area contributed by atoms with Crippen LogP contribution in [0.3, 0.4) is 0 Å². The Morgan fingerprint density at radius 1 is 0.844 bits per heavy atom. The maximum atomic E-state index is 12.5. The highest BCUT2D eigenvalue weighted by molar-refractivity contribution is 5.86. The number of fused-ring (bicyclic) bond motifs is 1. The molecular formula is C21H20O11. The number of benzene rings is 2. The van der Waals surface area contributed by atoms with E-state index >= 15 is 0 Å². The van der Waals surface area contributed by atoms with Gasteiger partial charge < -0.3 is 49.6 Å². The van der Waals surface area contributed by atoms with E-state index in [0.29, 0.717) is 0 Å². The number of ether oxygens (including phenoxy) is 2. The summed E-state index contributed by atoms with van der Waals surface area (Å²) in [5.74, 6) is -2.68. The van der Waals surface area contributed by atoms with E-state index in [1.165, 1.54) is 13.0 Å². The summed E-state index contributed by atoms with van der Waals surface area (Å²) >= 11 is 0. The molecule has 7 N–H and O–H groups in total. The molecule has 0 saturated carbocycles. The number of rotatable bonds is 3. The normalized spacial score (nSPS) is 25.7. The first-order chi connectivity index (χ1) is 15.1. The second-order valence-electron chi connectivity index (χ2n) is 7.45. The Kier molecular flexibility index (Phi) is 5.34. The molecule has 0 amide bonds. The molecular weight excluding hydrogens is 428 g/mol. The van der Waals surface area contributed by atoms with Crippen molar-refractivity contribution in [2.75, 3.05) is 0 Å². The van der Waals surface area contributed by atoms with Crippen LogP contribution in [-0.2, 0) is 4.74 Å². The van der Waals surface area contributed by atoms with E-state index in [9.17, 15) is 40.5 Å². The molecule has 2 aromatic carbocycles. The van der Waals surface area contributed by atoms with Gasteiger partial charge in [-0.3, -0.25) is 4.79 Å². The minimum atomic E-state index is -1.60. The van der Waals surface area contributed by atoms with Gasteiger partial charge in [-0.25, -0.2) is 0 Å². The predicted molar refractivity (Wildman–Crippen MR) is 108 cm³/mol. The molecule has 1 aromatic heterocycles. The average molecular weight is 448 g/mol. The Hall–Kier alpha value is -3.51. The van der Waals surface area contributed by atoms with Crippen molar-refractivity contribution in [3.8, 4) is 40.1 Å². The third kappa shape index (κ3) is 3.67. The summed E-state index contributed by atoms with van der Waals surface area (Å²) in [5, 5.41) is 68.9. The first-order valence-electron chi connectivity index (χ1n) is 9.49. The van der Waals surface area contributed by atoms with Crippen LogP contribution in [0, 0.1) is 0 Å². The van der Waals surface area contributed by atoms with Crippen LogP contribution in [0.5, 0.6) is 28.7 Å². The summed E-state index contributed by atoms with van der Waals surface area (Å²) in [6, 6.07) is 5.49. The zero-order chi connectivity index (χ0) is 23.3. The van der Waals surface area contributed by atoms with E-state index in [-0.39, 0.29) is 28.0 Å². The number of aromatic hydroxyl groups is 4. The molecule has 4 rings (SSSR count). The van der Waals surface area contributed by atoms with Crippen LogP contribution in [0.2, 0.25) is 0 Å². The lowest BCUT2D eigenvalue weighted by molar-refractivity contribution is -0.268. The molecule has 2 heterocycles. The third-order valence-corrected chi connectivity index (χ3v) is 5.20. The summed E-state index contributed by atoms with van der Waals surface area (Å²) in [5.41, 5.74) is -0.702. The van der Waals surface area contributed by atoms with Gasteiger partial charge in [-0.15, -0.1) is 0 Å². The monoisotopic (exact) mass is 448 g/mol. The lowest BCUT2D eigenvalue weighted by Gasteiger charge is -2.38. The van der Waals surface area contributed by atoms with Crippen molar-refractivity contribution in [3.05, 3.63) is 40.6 Å². The van der Waals surface area contributed by atoms with E-state index in [1.54, 1.807) is 0 Å². The topological polar surface area (TPSA) is 190 Å². The minimum absolute atomic E-state index is 0.0691. The molecule has 0 spiro atoms. The molecule has 1 saturated heterocycles. The molecule has 1 aliphatic rings. The number of phenols is 4. The molecule has 170 valence electrons. The zero-order valence-corrected chi connectivity index (χ0v) is 16.5. The van der Waals surface area contributed by atoms with Crippen molar-refractivity contribution < 1.29 is 49.6 Å². The van der Waals surface area contributed by atoms with Gasteiger partial charge in [-0.05, 0) is 19.1 Å². The Morgan fingerprint density at radius 3 is 2.16 bits per heavy atom. The van der Waals surface area contributed by atoms with Gasteiger partial charge in [0.05, 0.1) is 6.10 Å². The maximum Gasteiger partial charge on any atom is 0.229 e. The van der Waals surface area contributed by atoms with Crippen LogP contribution in [0.15, 0.2) is 39.5 Å². The quantitative estimate of drug-likeness (QED) is 0.276. The van der Waals surface area contributed by atoms with Crippen molar-refractivity contribution in [1.82, 2.24) is 0 Å². The SMILES string of the molecule is CC1OC(Oc2cc(O)c3c(=O)cc(-c4cc(O)c(O)c(O)c4)oc3c2)C(O)C(O)C1O. The molecule has 1 fully saturated rings. The first kappa shape index (κ1) is 21.7. The number of aliphatic hydroxyl groups excluding tert-OH is 3. The maximum absolute atomic E-state index is 12.5. The fourth-order valence-electron chi connectivity index (χ4n) is 3.45. The number of phenolic OH excluding ortho intramolecular Hbond substituents is 4. The van der Waals surface area contributed by atoms with Gasteiger partial charge in [0.1, 0.15) is 46.5 Å². The van der Waals surface area contributed by atoms with Gasteiger partial charge in [0.15, 0.2) is 22.7 Å². The van der Waals surface area contributed by atoms with E-state index in [2.05, 4.69) is 0 Å². The number of aliphatic hydroxyl groups is 3. The highest BCUT2D eigenvalue weighted by Crippen LogP contribution is 2.40. The van der Waals surface area contributed by atoms with Crippen molar-refractivity contribution in [3.63, 3.8) is 0 Å². The summed E-state index contributed by atoms with van der Waals surface area (Å²) in [6.45, 7) is 1.47. The van der Waals surface area contributed by atoms with Crippen LogP contribution in [0.1, 0.15) is 6.92 Å². The third-order valence-electron chi connectivity index (χ3n) is 5.20. The average Bonchev–Trinajstić information content (AvgIpc) is 2.73. The standard InChI is InChI=1S/C21H20O11/c1-7-17(26)19(28)20(29)21(30-7)31-9-4-10(22)16-11(23)6-14(32-15(16)5-9)8-2-12(24)18(27)13(25)3-8/h2-7,17,19-22,24-29H,1H3. The summed E-state index contributed by atoms with van der Waals surface area (Å²) in [7, 11) is 0. The van der Waals surface area contributed by atoms with E-state index in [1.807, 2.05) is 0 Å². The molecule has 0 aliphatic carbocycles. The Balaban J connectivity index is 1.75. The van der Waals surface area contributed by atoms with Crippen LogP contribution in [0.4, 0.5) is 0 Å². The van der Waals surface area contributed by atoms with Crippen molar-refractivity contribution in [1.29, 1.82) is 0 Å². The fourth-order valence-corrected chi connectivity index (χ4v) is 3.45. The van der Waals surface area contributed by atoms with Crippen LogP contribution >= 0.6 is 0 Å². The van der Waals surface area contributed by atoms with Gasteiger partial charge >= 0.3 is 0 Å². The van der Waals surface area contributed by atoms with Crippen LogP contribution in [-0.4, -0.2) is 66.5 Å². The fraction of sp³-hybridized carbons (Fsp3) is 0.286. The summed E-state index contributed by atoms with van der Waals surface area (Å²) in [6.07, 6.45) is -6.70. The highest BCUT2D eigenvalue weighted by Gasteiger charge is 2.43. The van der Waals surface area contributed by atoms with E-state index in [4.69, 9.17) is 13.9 Å². The number of hydrogen-bond acceptors (Lipinski definition) is 11. The predicted octanol–water partition coefficient (Wildman–Crippen LogP) is 0.489. The molecule has 0 bridgehead atoms. The number of hydrogen-bond donors (Lipinski definition) is 7. The second kappa shape index (κ2) is 7.88. The van der Waals surface area contributed by atoms with E-state index in [0.717, 1.165) is 24.3 Å². The first-order valence-corrected chi connectivity index (χ1v) is 9.49. The van der Waals surface area contributed by atoms with Crippen molar-refractivity contribution >= 4 is 11.0 Å². The van der Waals surface area contributed by atoms with Gasteiger partial charge in [0.2, 0.25) is 6.29 Å². The van der Waals surface area contributed by atoms with E-state index < -0.39 is 59.1 Å². The van der Waals surface area contributed by atoms with Gasteiger partial charge in [-0.1, -0.05) is 0 Å². The molecule has 1 aliphatic heterocycles. The summed E-state index contributed by atoms with van der Waals surface area (Å²) in [4.78, 5) is 12.5. The minimum Gasteiger partial charge on any atom is -0.507 e. The molecule has 5 unspecified atom stereocenters. The Bertz CT molecular complexity index is 1210. The smallest absolute Gasteiger partial charge is 0.229 e. The van der Waals surface area contributed by atoms with Gasteiger partial charge in [0.25, 0.3) is 0 Å².